The average molecular weight is 684 g/mol. The van der Waals surface area contributed by atoms with Crippen molar-refractivity contribution in [3.63, 3.8) is 0 Å². The Kier molecular flexibility index (Phi) is 7.76. The number of H-pyrrole nitrogens is 1. The number of aromatic nitrogens is 2. The lowest BCUT2D eigenvalue weighted by molar-refractivity contribution is -0.137. The topological polar surface area (TPSA) is 104 Å². The molecule has 8 nitrogen and oxygen atoms in total. The molecule has 4 heterocycles. The third-order valence-corrected chi connectivity index (χ3v) is 9.50. The summed E-state index contributed by atoms with van der Waals surface area (Å²) in [7, 11) is 1.42. The Bertz CT molecular complexity index is 1900. The lowest BCUT2D eigenvalue weighted by atomic mass is 10.0. The van der Waals surface area contributed by atoms with Gasteiger partial charge in [-0.15, -0.1) is 11.3 Å². The number of amides is 3. The van der Waals surface area contributed by atoms with E-state index in [1.54, 1.807) is 24.5 Å². The van der Waals surface area contributed by atoms with Crippen LogP contribution < -0.4 is 10.1 Å². The Labute approximate surface area is 261 Å². The van der Waals surface area contributed by atoms with Crippen molar-refractivity contribution in [1.82, 2.24) is 20.2 Å². The van der Waals surface area contributed by atoms with Gasteiger partial charge in [-0.05, 0) is 58.2 Å². The van der Waals surface area contributed by atoms with Crippen LogP contribution in [0.25, 0.3) is 21.5 Å². The molecule has 1 aliphatic heterocycles. The normalized spacial score (nSPS) is 13.8. The minimum absolute atomic E-state index is 0.0842. The number of nitrogens with zero attached hydrogens (tertiary/aromatic N) is 2. The van der Waals surface area contributed by atoms with Crippen molar-refractivity contribution in [2.24, 2.45) is 0 Å². The van der Waals surface area contributed by atoms with E-state index in [-0.39, 0.29) is 40.3 Å². The molecule has 224 valence electrons. The molecule has 6 rings (SSSR count). The summed E-state index contributed by atoms with van der Waals surface area (Å²) in [6.45, 7) is -0.260. The average Bonchev–Trinajstić information content (AvgIpc) is 3.68. The highest BCUT2D eigenvalue weighted by Gasteiger charge is 2.37. The van der Waals surface area contributed by atoms with Crippen molar-refractivity contribution in [2.75, 3.05) is 13.7 Å². The minimum atomic E-state index is -4.57. The van der Waals surface area contributed by atoms with E-state index in [9.17, 15) is 27.6 Å². The van der Waals surface area contributed by atoms with Gasteiger partial charge < -0.3 is 15.0 Å². The number of nitrogens with one attached hydrogen (secondary N) is 2. The number of halogens is 4. The third kappa shape index (κ3) is 5.37. The van der Waals surface area contributed by atoms with Gasteiger partial charge in [0, 0.05) is 29.9 Å². The predicted octanol–water partition coefficient (Wildman–Crippen LogP) is 6.72. The van der Waals surface area contributed by atoms with E-state index in [0.29, 0.717) is 15.0 Å². The van der Waals surface area contributed by atoms with Crippen LogP contribution in [-0.2, 0) is 12.6 Å². The molecule has 3 amide bonds. The lowest BCUT2D eigenvalue weighted by Crippen LogP contribution is -2.46. The van der Waals surface area contributed by atoms with Crippen LogP contribution in [0, 0.1) is 0 Å². The number of carbonyl (C=O) groups excluding carboxylic acids is 3. The fraction of sp³-hybridized carbons (Fsp3) is 0.161. The highest BCUT2D eigenvalue weighted by molar-refractivity contribution is 9.10. The number of thiophene rings is 1. The molecule has 44 heavy (non-hydrogen) atoms. The largest absolute Gasteiger partial charge is 0.494 e. The summed E-state index contributed by atoms with van der Waals surface area (Å²) in [5.74, 6) is -1.39. The van der Waals surface area contributed by atoms with Crippen molar-refractivity contribution >= 4 is 56.0 Å². The Morgan fingerprint density at radius 2 is 1.80 bits per heavy atom. The number of rotatable bonds is 8. The number of hydrogen-bond donors (Lipinski definition) is 2. The fourth-order valence-electron chi connectivity index (χ4n) is 5.26. The van der Waals surface area contributed by atoms with Crippen molar-refractivity contribution < 1.29 is 32.3 Å². The van der Waals surface area contributed by atoms with Crippen LogP contribution in [-0.4, -0.2) is 52.3 Å². The molecule has 2 aromatic carbocycles. The zero-order chi connectivity index (χ0) is 31.2. The van der Waals surface area contributed by atoms with Crippen molar-refractivity contribution in [1.29, 1.82) is 0 Å². The maximum atomic E-state index is 13.8. The Morgan fingerprint density at radius 3 is 2.48 bits per heavy atom. The minimum Gasteiger partial charge on any atom is -0.494 e. The second-order valence-electron chi connectivity index (χ2n) is 10.0. The molecule has 0 aliphatic carbocycles. The van der Waals surface area contributed by atoms with Gasteiger partial charge >= 0.3 is 6.18 Å². The molecule has 1 atom stereocenters. The van der Waals surface area contributed by atoms with Gasteiger partial charge in [0.05, 0.1) is 39.2 Å². The quantitative estimate of drug-likeness (QED) is 0.177. The molecule has 0 saturated carbocycles. The lowest BCUT2D eigenvalue weighted by Gasteiger charge is -2.24. The number of carbonyl (C=O) groups is 3. The summed E-state index contributed by atoms with van der Waals surface area (Å²) in [5.41, 5.74) is 1.34. The Hall–Kier alpha value is -4.49. The highest BCUT2D eigenvalue weighted by Crippen LogP contribution is 2.47. The molecule has 1 aliphatic rings. The predicted molar refractivity (Wildman–Crippen MR) is 162 cm³/mol. The van der Waals surface area contributed by atoms with Crippen molar-refractivity contribution in [2.45, 2.75) is 18.6 Å². The second-order valence-corrected chi connectivity index (χ2v) is 11.9. The van der Waals surface area contributed by atoms with Gasteiger partial charge in [0.1, 0.15) is 10.5 Å². The molecule has 0 unspecified atom stereocenters. The van der Waals surface area contributed by atoms with Crippen LogP contribution in [0.2, 0.25) is 0 Å². The van der Waals surface area contributed by atoms with Gasteiger partial charge in [0.2, 0.25) is 0 Å². The molecule has 5 aromatic rings. The van der Waals surface area contributed by atoms with Gasteiger partial charge in [0.15, 0.2) is 5.75 Å². The second kappa shape index (κ2) is 11.5. The number of ether oxygens (including phenoxy) is 1. The van der Waals surface area contributed by atoms with Crippen LogP contribution >= 0.6 is 27.3 Å². The number of fused-ring (bicyclic) bond motifs is 2. The first-order valence-corrected chi connectivity index (χ1v) is 14.9. The summed E-state index contributed by atoms with van der Waals surface area (Å²) >= 11 is 4.72. The van der Waals surface area contributed by atoms with Crippen molar-refractivity contribution in [3.8, 4) is 16.2 Å². The number of pyridine rings is 1. The van der Waals surface area contributed by atoms with E-state index in [0.717, 1.165) is 39.3 Å². The van der Waals surface area contributed by atoms with E-state index in [1.807, 2.05) is 12.1 Å². The Balaban J connectivity index is 1.34. The van der Waals surface area contributed by atoms with Crippen LogP contribution in [0.1, 0.15) is 41.5 Å². The zero-order valence-electron chi connectivity index (χ0n) is 22.9. The van der Waals surface area contributed by atoms with Crippen molar-refractivity contribution in [3.05, 3.63) is 105 Å². The molecule has 0 spiro atoms. The fourth-order valence-corrected chi connectivity index (χ4v) is 7.31. The van der Waals surface area contributed by atoms with E-state index in [1.165, 1.54) is 31.4 Å². The number of imide groups is 1. The molecule has 0 fully saturated rings. The molecule has 3 aromatic heterocycles. The molecular formula is C31H22BrF3N4O4S. The number of methoxy groups -OCH3 is 1. The first-order valence-electron chi connectivity index (χ1n) is 13.3. The maximum Gasteiger partial charge on any atom is 0.416 e. The molecule has 0 saturated heterocycles. The summed E-state index contributed by atoms with van der Waals surface area (Å²) in [5, 5.41) is 3.69. The van der Waals surface area contributed by atoms with Gasteiger partial charge in [-0.1, -0.05) is 30.3 Å². The van der Waals surface area contributed by atoms with E-state index < -0.39 is 35.5 Å². The van der Waals surface area contributed by atoms with Crippen LogP contribution in [0.5, 0.6) is 5.75 Å². The molecule has 0 bridgehead atoms. The van der Waals surface area contributed by atoms with Gasteiger partial charge in [-0.25, -0.2) is 4.98 Å². The van der Waals surface area contributed by atoms with Crippen LogP contribution in [0.4, 0.5) is 13.2 Å². The molecular weight excluding hydrogens is 661 g/mol. The standard InChI is InChI=1S/C31H22BrF3N4O4S/c1-43-24-23(32)25(19-9-11-36-27-20(19)10-12-37-27)44-26(24)28(40)38-18(14-16-5-4-6-17(13-16)31(33,34)35)15-39-29(41)21-7-2-3-8-22(21)30(39)42/h2-13,18H,14-15H2,1H3,(H,36,37)(H,38,40)/t18-/m0/s1. The van der Waals surface area contributed by atoms with E-state index >= 15 is 0 Å². The van der Waals surface area contributed by atoms with Gasteiger partial charge in [-0.2, -0.15) is 13.2 Å². The number of benzene rings is 2. The van der Waals surface area contributed by atoms with Gasteiger partial charge in [-0.3, -0.25) is 19.3 Å². The third-order valence-electron chi connectivity index (χ3n) is 7.28. The summed E-state index contributed by atoms with van der Waals surface area (Å²) in [4.78, 5) is 49.4. The SMILES string of the molecule is COc1c(C(=O)N[C@@H](Cc2cccc(C(F)(F)F)c2)CN2C(=O)c3ccccc3C2=O)sc(-c2ccnc3[nH]ccc23)c1Br. The number of hydrogen-bond acceptors (Lipinski definition) is 6. The summed E-state index contributed by atoms with van der Waals surface area (Å²) < 4.78 is 46.5. The van der Waals surface area contributed by atoms with Crippen LogP contribution in [0.15, 0.2) is 77.5 Å². The van der Waals surface area contributed by atoms with E-state index in [2.05, 4.69) is 31.2 Å². The smallest absolute Gasteiger partial charge is 0.416 e. The van der Waals surface area contributed by atoms with Crippen LogP contribution in [0.3, 0.4) is 0 Å². The maximum absolute atomic E-state index is 13.8. The summed E-state index contributed by atoms with van der Waals surface area (Å²) in [6.07, 6.45) is -1.26. The van der Waals surface area contributed by atoms with E-state index in [4.69, 9.17) is 4.74 Å². The monoisotopic (exact) mass is 682 g/mol. The Morgan fingerprint density at radius 1 is 1.07 bits per heavy atom. The summed E-state index contributed by atoms with van der Waals surface area (Å²) in [6, 6.07) is 13.8. The number of aromatic amines is 1. The molecule has 0 radical (unpaired) electrons. The number of alkyl halides is 3. The van der Waals surface area contributed by atoms with Gasteiger partial charge in [0.25, 0.3) is 17.7 Å². The zero-order valence-corrected chi connectivity index (χ0v) is 25.3. The highest BCUT2D eigenvalue weighted by atomic mass is 79.9. The first kappa shape index (κ1) is 29.6. The first-order chi connectivity index (χ1) is 21.1. The molecule has 13 heteroatoms. The molecule has 2 N–H and O–H groups in total.